The molecule has 3 heteroatoms. The van der Waals surface area contributed by atoms with Gasteiger partial charge in [0.25, 0.3) is 0 Å². The second-order valence-electron chi connectivity index (χ2n) is 4.86. The second-order valence-corrected chi connectivity index (χ2v) is 5.26. The SMILES string of the molecule is OC(CC1CCC1)c1cc2cccc(Cl)c2o1. The molecule has 90 valence electrons. The zero-order chi connectivity index (χ0) is 11.8. The minimum atomic E-state index is -0.497. The van der Waals surface area contributed by atoms with Crippen LogP contribution >= 0.6 is 11.6 Å². The number of halogens is 1. The lowest BCUT2D eigenvalue weighted by molar-refractivity contribution is 0.1000. The Balaban J connectivity index is 1.86. The van der Waals surface area contributed by atoms with Crippen molar-refractivity contribution in [1.82, 2.24) is 0 Å². The maximum absolute atomic E-state index is 10.1. The molecular formula is C14H15ClO2. The Labute approximate surface area is 105 Å². The lowest BCUT2D eigenvalue weighted by Gasteiger charge is -2.26. The summed E-state index contributed by atoms with van der Waals surface area (Å²) in [6.07, 6.45) is 4.07. The largest absolute Gasteiger partial charge is 0.457 e. The summed E-state index contributed by atoms with van der Waals surface area (Å²) in [6.45, 7) is 0. The molecule has 1 saturated carbocycles. The molecule has 0 bridgehead atoms. The maximum Gasteiger partial charge on any atom is 0.152 e. The fraction of sp³-hybridized carbons (Fsp3) is 0.429. The van der Waals surface area contributed by atoms with Gasteiger partial charge in [-0.2, -0.15) is 0 Å². The summed E-state index contributed by atoms with van der Waals surface area (Å²) in [5, 5.41) is 11.7. The van der Waals surface area contributed by atoms with Crippen LogP contribution in [0, 0.1) is 5.92 Å². The molecule has 1 atom stereocenters. The third-order valence-corrected chi connectivity index (χ3v) is 3.92. The van der Waals surface area contributed by atoms with Crippen LogP contribution in [0.4, 0.5) is 0 Å². The number of hydrogen-bond donors (Lipinski definition) is 1. The van der Waals surface area contributed by atoms with Gasteiger partial charge in [0.1, 0.15) is 11.9 Å². The van der Waals surface area contributed by atoms with Gasteiger partial charge in [0, 0.05) is 5.39 Å². The predicted molar refractivity (Wildman–Crippen MR) is 68.1 cm³/mol. The Morgan fingerprint density at radius 2 is 2.24 bits per heavy atom. The highest BCUT2D eigenvalue weighted by atomic mass is 35.5. The first-order valence-corrected chi connectivity index (χ1v) is 6.48. The first-order valence-electron chi connectivity index (χ1n) is 6.10. The van der Waals surface area contributed by atoms with E-state index in [2.05, 4.69) is 0 Å². The average Bonchev–Trinajstić information content (AvgIpc) is 2.68. The van der Waals surface area contributed by atoms with Crippen molar-refractivity contribution in [2.75, 3.05) is 0 Å². The number of hydrogen-bond acceptors (Lipinski definition) is 2. The van der Waals surface area contributed by atoms with Crippen LogP contribution in [0.1, 0.15) is 37.5 Å². The smallest absolute Gasteiger partial charge is 0.152 e. The third-order valence-electron chi connectivity index (χ3n) is 3.62. The summed E-state index contributed by atoms with van der Waals surface area (Å²) >= 11 is 6.04. The molecule has 2 aromatic rings. The van der Waals surface area contributed by atoms with Gasteiger partial charge in [0.05, 0.1) is 5.02 Å². The summed E-state index contributed by atoms with van der Waals surface area (Å²) < 4.78 is 5.65. The molecule has 1 aromatic heterocycles. The molecule has 1 unspecified atom stereocenters. The number of para-hydroxylation sites is 1. The zero-order valence-corrected chi connectivity index (χ0v) is 10.3. The molecule has 2 nitrogen and oxygen atoms in total. The standard InChI is InChI=1S/C14H15ClO2/c15-11-6-2-5-10-8-13(17-14(10)11)12(16)7-9-3-1-4-9/h2,5-6,8-9,12,16H,1,3-4,7H2. The van der Waals surface area contributed by atoms with E-state index >= 15 is 0 Å². The second kappa shape index (κ2) is 4.35. The Hall–Kier alpha value is -0.990. The molecule has 0 spiro atoms. The van der Waals surface area contributed by atoms with Gasteiger partial charge in [-0.1, -0.05) is 43.0 Å². The number of benzene rings is 1. The van der Waals surface area contributed by atoms with Gasteiger partial charge >= 0.3 is 0 Å². The molecule has 0 saturated heterocycles. The fourth-order valence-electron chi connectivity index (χ4n) is 2.37. The van der Waals surface area contributed by atoms with Crippen molar-refractivity contribution in [3.63, 3.8) is 0 Å². The Bertz CT molecular complexity index is 528. The molecule has 1 N–H and O–H groups in total. The van der Waals surface area contributed by atoms with Gasteiger partial charge in [-0.3, -0.25) is 0 Å². The highest BCUT2D eigenvalue weighted by molar-refractivity contribution is 6.34. The first-order chi connectivity index (χ1) is 8.24. The highest BCUT2D eigenvalue weighted by Gasteiger charge is 2.23. The van der Waals surface area contributed by atoms with Crippen LogP contribution < -0.4 is 0 Å². The quantitative estimate of drug-likeness (QED) is 0.881. The monoisotopic (exact) mass is 250 g/mol. The van der Waals surface area contributed by atoms with E-state index in [1.165, 1.54) is 19.3 Å². The van der Waals surface area contributed by atoms with Crippen molar-refractivity contribution < 1.29 is 9.52 Å². The van der Waals surface area contributed by atoms with Crippen LogP contribution in [0.15, 0.2) is 28.7 Å². The Morgan fingerprint density at radius 1 is 1.41 bits per heavy atom. The van der Waals surface area contributed by atoms with Gasteiger partial charge in [-0.15, -0.1) is 0 Å². The van der Waals surface area contributed by atoms with E-state index < -0.39 is 6.10 Å². The summed E-state index contributed by atoms with van der Waals surface area (Å²) in [7, 11) is 0. The van der Waals surface area contributed by atoms with E-state index in [1.807, 2.05) is 18.2 Å². The van der Waals surface area contributed by atoms with E-state index in [9.17, 15) is 5.11 Å². The molecule has 17 heavy (non-hydrogen) atoms. The van der Waals surface area contributed by atoms with E-state index in [4.69, 9.17) is 16.0 Å². The van der Waals surface area contributed by atoms with Crippen LogP contribution in [0.25, 0.3) is 11.0 Å². The van der Waals surface area contributed by atoms with Gasteiger partial charge in [0.2, 0.25) is 0 Å². The van der Waals surface area contributed by atoms with Crippen molar-refractivity contribution in [3.05, 3.63) is 35.0 Å². The molecule has 1 aromatic carbocycles. The third kappa shape index (κ3) is 2.07. The Kier molecular flexibility index (Phi) is 2.85. The molecule has 0 amide bonds. The number of aliphatic hydroxyl groups is 1. The predicted octanol–water partition coefficient (Wildman–Crippen LogP) is 4.31. The van der Waals surface area contributed by atoms with E-state index in [1.54, 1.807) is 6.07 Å². The minimum absolute atomic E-state index is 0.497. The van der Waals surface area contributed by atoms with Crippen LogP contribution in [0.5, 0.6) is 0 Å². The van der Waals surface area contributed by atoms with Crippen molar-refractivity contribution >= 4 is 22.6 Å². The lowest BCUT2D eigenvalue weighted by Crippen LogP contribution is -2.14. The number of aliphatic hydroxyl groups excluding tert-OH is 1. The molecular weight excluding hydrogens is 236 g/mol. The molecule has 1 heterocycles. The highest BCUT2D eigenvalue weighted by Crippen LogP contribution is 2.37. The van der Waals surface area contributed by atoms with Crippen molar-refractivity contribution in [2.45, 2.75) is 31.8 Å². The number of furan rings is 1. The molecule has 1 aliphatic carbocycles. The summed E-state index contributed by atoms with van der Waals surface area (Å²) in [4.78, 5) is 0. The van der Waals surface area contributed by atoms with Gasteiger partial charge < -0.3 is 9.52 Å². The minimum Gasteiger partial charge on any atom is -0.457 e. The average molecular weight is 251 g/mol. The topological polar surface area (TPSA) is 33.4 Å². The fourth-order valence-corrected chi connectivity index (χ4v) is 2.59. The molecule has 1 aliphatic rings. The maximum atomic E-state index is 10.1. The van der Waals surface area contributed by atoms with Gasteiger partial charge in [-0.05, 0) is 24.5 Å². The van der Waals surface area contributed by atoms with Crippen molar-refractivity contribution in [3.8, 4) is 0 Å². The summed E-state index contributed by atoms with van der Waals surface area (Å²) in [5.41, 5.74) is 0.678. The first kappa shape index (κ1) is 11.1. The number of rotatable bonds is 3. The van der Waals surface area contributed by atoms with Crippen molar-refractivity contribution in [1.29, 1.82) is 0 Å². The van der Waals surface area contributed by atoms with Crippen LogP contribution in [0.3, 0.4) is 0 Å². The van der Waals surface area contributed by atoms with Crippen LogP contribution in [0.2, 0.25) is 5.02 Å². The molecule has 3 rings (SSSR count). The van der Waals surface area contributed by atoms with Gasteiger partial charge in [-0.25, -0.2) is 0 Å². The van der Waals surface area contributed by atoms with Crippen molar-refractivity contribution in [2.24, 2.45) is 5.92 Å². The summed E-state index contributed by atoms with van der Waals surface area (Å²) in [6, 6.07) is 7.53. The van der Waals surface area contributed by atoms with Crippen LogP contribution in [-0.2, 0) is 0 Å². The zero-order valence-electron chi connectivity index (χ0n) is 9.53. The molecule has 0 radical (unpaired) electrons. The Morgan fingerprint density at radius 3 is 2.88 bits per heavy atom. The molecule has 1 fully saturated rings. The van der Waals surface area contributed by atoms with Gasteiger partial charge in [0.15, 0.2) is 5.58 Å². The normalized spacial score (nSPS) is 18.2. The van der Waals surface area contributed by atoms with E-state index in [0.29, 0.717) is 22.3 Å². The summed E-state index contributed by atoms with van der Waals surface area (Å²) in [5.74, 6) is 1.30. The number of fused-ring (bicyclic) bond motifs is 1. The molecule has 0 aliphatic heterocycles. The van der Waals surface area contributed by atoms with E-state index in [0.717, 1.165) is 11.8 Å². The van der Waals surface area contributed by atoms with Crippen LogP contribution in [-0.4, -0.2) is 5.11 Å². The lowest BCUT2D eigenvalue weighted by atomic mass is 9.81. The van der Waals surface area contributed by atoms with E-state index in [-0.39, 0.29) is 0 Å².